The lowest BCUT2D eigenvalue weighted by atomic mass is 10.1. The summed E-state index contributed by atoms with van der Waals surface area (Å²) in [4.78, 5) is 27.8. The second-order valence-electron chi connectivity index (χ2n) is 6.65. The van der Waals surface area contributed by atoms with Gasteiger partial charge in [0.2, 0.25) is 5.91 Å². The van der Waals surface area contributed by atoms with E-state index >= 15 is 0 Å². The van der Waals surface area contributed by atoms with Gasteiger partial charge in [0.05, 0.1) is 4.88 Å². The highest BCUT2D eigenvalue weighted by Gasteiger charge is 2.23. The minimum atomic E-state index is -0.589. The monoisotopic (exact) mass is 392 g/mol. The van der Waals surface area contributed by atoms with Crippen molar-refractivity contribution in [3.63, 3.8) is 0 Å². The molecule has 2 amide bonds. The topological polar surface area (TPSA) is 49.4 Å². The van der Waals surface area contributed by atoms with Crippen molar-refractivity contribution in [3.05, 3.63) is 94.2 Å². The molecule has 0 aliphatic heterocycles. The van der Waals surface area contributed by atoms with E-state index in [1.54, 1.807) is 13.0 Å². The summed E-state index contributed by atoms with van der Waals surface area (Å²) in [5.74, 6) is -0.289. The van der Waals surface area contributed by atoms with E-state index in [0.29, 0.717) is 18.0 Å². The first-order valence-corrected chi connectivity index (χ1v) is 10.2. The van der Waals surface area contributed by atoms with E-state index < -0.39 is 6.04 Å². The molecule has 0 spiro atoms. The molecule has 0 aliphatic carbocycles. The number of carbonyl (C=O) groups excluding carboxylic acids is 2. The molecule has 5 heteroatoms. The third-order valence-corrected chi connectivity index (χ3v) is 5.37. The van der Waals surface area contributed by atoms with Gasteiger partial charge >= 0.3 is 0 Å². The van der Waals surface area contributed by atoms with Gasteiger partial charge in [0.1, 0.15) is 6.04 Å². The molecule has 0 bridgehead atoms. The van der Waals surface area contributed by atoms with E-state index in [9.17, 15) is 9.59 Å². The Morgan fingerprint density at radius 3 is 2.18 bits per heavy atom. The maximum absolute atomic E-state index is 13.1. The van der Waals surface area contributed by atoms with Gasteiger partial charge < -0.3 is 10.2 Å². The third kappa shape index (κ3) is 5.54. The summed E-state index contributed by atoms with van der Waals surface area (Å²) in [5, 5.41) is 4.68. The third-order valence-electron chi connectivity index (χ3n) is 4.50. The first-order chi connectivity index (χ1) is 13.6. The number of hydrogen-bond acceptors (Lipinski definition) is 3. The highest BCUT2D eigenvalue weighted by molar-refractivity contribution is 7.12. The SMILES string of the molecule is CC(NC(=O)c1cccs1)C(=O)N(CCc1ccccc1)Cc1ccccc1. The van der Waals surface area contributed by atoms with E-state index in [-0.39, 0.29) is 11.8 Å². The number of hydrogen-bond donors (Lipinski definition) is 1. The van der Waals surface area contributed by atoms with Crippen molar-refractivity contribution in [1.82, 2.24) is 10.2 Å². The number of thiophene rings is 1. The fourth-order valence-electron chi connectivity index (χ4n) is 2.99. The van der Waals surface area contributed by atoms with Crippen LogP contribution in [-0.4, -0.2) is 29.3 Å². The lowest BCUT2D eigenvalue weighted by molar-refractivity contribution is -0.133. The number of carbonyl (C=O) groups is 2. The Morgan fingerprint density at radius 1 is 0.929 bits per heavy atom. The van der Waals surface area contributed by atoms with Gasteiger partial charge in [-0.1, -0.05) is 66.7 Å². The standard InChI is InChI=1S/C23H24N2O2S/c1-18(24-22(26)21-13-8-16-28-21)23(27)25(17-20-11-6-3-7-12-20)15-14-19-9-4-2-5-10-19/h2-13,16,18H,14-15,17H2,1H3,(H,24,26). The maximum atomic E-state index is 13.1. The highest BCUT2D eigenvalue weighted by Crippen LogP contribution is 2.11. The smallest absolute Gasteiger partial charge is 0.261 e. The van der Waals surface area contributed by atoms with Crippen LogP contribution in [0, 0.1) is 0 Å². The lowest BCUT2D eigenvalue weighted by Gasteiger charge is -2.26. The summed E-state index contributed by atoms with van der Waals surface area (Å²) in [6.07, 6.45) is 0.769. The molecule has 1 unspecified atom stereocenters. The Hall–Kier alpha value is -2.92. The van der Waals surface area contributed by atoms with Crippen molar-refractivity contribution >= 4 is 23.2 Å². The average molecular weight is 393 g/mol. The quantitative estimate of drug-likeness (QED) is 0.626. The molecule has 1 heterocycles. The van der Waals surface area contributed by atoms with E-state index in [4.69, 9.17) is 0 Å². The number of nitrogens with one attached hydrogen (secondary N) is 1. The van der Waals surface area contributed by atoms with Gasteiger partial charge in [-0.2, -0.15) is 0 Å². The summed E-state index contributed by atoms with van der Waals surface area (Å²) >= 11 is 1.37. The second kappa shape index (κ2) is 9.85. The predicted octanol–water partition coefficient (Wildman–Crippen LogP) is 4.14. The molecule has 1 N–H and O–H groups in total. The van der Waals surface area contributed by atoms with Crippen LogP contribution in [0.2, 0.25) is 0 Å². The van der Waals surface area contributed by atoms with Gasteiger partial charge in [-0.3, -0.25) is 9.59 Å². The molecule has 2 aromatic carbocycles. The normalized spacial score (nSPS) is 11.6. The van der Waals surface area contributed by atoms with Crippen LogP contribution in [0.3, 0.4) is 0 Å². The highest BCUT2D eigenvalue weighted by atomic mass is 32.1. The Labute approximate surface area is 169 Å². The van der Waals surface area contributed by atoms with Crippen LogP contribution in [0.1, 0.15) is 27.7 Å². The average Bonchev–Trinajstić information content (AvgIpc) is 3.27. The predicted molar refractivity (Wildman–Crippen MR) is 113 cm³/mol. The number of amides is 2. The van der Waals surface area contributed by atoms with Crippen LogP contribution in [0.15, 0.2) is 78.2 Å². The van der Waals surface area contributed by atoms with Crippen LogP contribution in [0.25, 0.3) is 0 Å². The van der Waals surface area contributed by atoms with E-state index in [1.807, 2.05) is 64.9 Å². The summed E-state index contributed by atoms with van der Waals surface area (Å²) in [5.41, 5.74) is 2.25. The van der Waals surface area contributed by atoms with Gasteiger partial charge in [0.25, 0.3) is 5.91 Å². The van der Waals surface area contributed by atoms with Crippen molar-refractivity contribution < 1.29 is 9.59 Å². The van der Waals surface area contributed by atoms with E-state index in [1.165, 1.54) is 16.9 Å². The van der Waals surface area contributed by atoms with Crippen LogP contribution in [-0.2, 0) is 17.8 Å². The number of nitrogens with zero attached hydrogens (tertiary/aromatic N) is 1. The molecule has 3 rings (SSSR count). The van der Waals surface area contributed by atoms with Crippen molar-refractivity contribution in [3.8, 4) is 0 Å². The maximum Gasteiger partial charge on any atom is 0.261 e. The first kappa shape index (κ1) is 19.8. The van der Waals surface area contributed by atoms with E-state index in [2.05, 4.69) is 17.4 Å². The Balaban J connectivity index is 1.68. The fourth-order valence-corrected chi connectivity index (χ4v) is 3.62. The molecule has 144 valence electrons. The molecule has 1 aromatic heterocycles. The fraction of sp³-hybridized carbons (Fsp3) is 0.217. The zero-order valence-electron chi connectivity index (χ0n) is 15.9. The van der Waals surface area contributed by atoms with Crippen molar-refractivity contribution in [2.24, 2.45) is 0 Å². The van der Waals surface area contributed by atoms with Gasteiger partial charge in [-0.05, 0) is 35.9 Å². The first-order valence-electron chi connectivity index (χ1n) is 9.34. The molecule has 1 atom stereocenters. The van der Waals surface area contributed by atoms with Gasteiger partial charge in [-0.25, -0.2) is 0 Å². The van der Waals surface area contributed by atoms with Crippen LogP contribution in [0.4, 0.5) is 0 Å². The summed E-state index contributed by atoms with van der Waals surface area (Å²) < 4.78 is 0. The van der Waals surface area contributed by atoms with Crippen molar-refractivity contribution in [2.75, 3.05) is 6.54 Å². The molecule has 3 aromatic rings. The van der Waals surface area contributed by atoms with Crippen LogP contribution >= 0.6 is 11.3 Å². The molecule has 0 aliphatic rings. The summed E-state index contributed by atoms with van der Waals surface area (Å²) in [6.45, 7) is 2.86. The molecule has 0 fully saturated rings. The summed E-state index contributed by atoms with van der Waals surface area (Å²) in [7, 11) is 0. The molecule has 0 saturated carbocycles. The Bertz CT molecular complexity index is 879. The van der Waals surface area contributed by atoms with Crippen LogP contribution < -0.4 is 5.32 Å². The zero-order valence-corrected chi connectivity index (χ0v) is 16.7. The molecule has 0 saturated heterocycles. The summed E-state index contributed by atoms with van der Waals surface area (Å²) in [6, 6.07) is 23.0. The molecular formula is C23H24N2O2S. The minimum absolute atomic E-state index is 0.0790. The van der Waals surface area contributed by atoms with Gasteiger partial charge in [0.15, 0.2) is 0 Å². The van der Waals surface area contributed by atoms with E-state index in [0.717, 1.165) is 12.0 Å². The largest absolute Gasteiger partial charge is 0.340 e. The Kier molecular flexibility index (Phi) is 6.98. The van der Waals surface area contributed by atoms with Gasteiger partial charge in [0, 0.05) is 13.1 Å². The van der Waals surface area contributed by atoms with Crippen molar-refractivity contribution in [2.45, 2.75) is 25.9 Å². The second-order valence-corrected chi connectivity index (χ2v) is 7.60. The lowest BCUT2D eigenvalue weighted by Crippen LogP contribution is -2.47. The molecule has 28 heavy (non-hydrogen) atoms. The number of benzene rings is 2. The number of rotatable bonds is 8. The Morgan fingerprint density at radius 2 is 1.57 bits per heavy atom. The van der Waals surface area contributed by atoms with Crippen molar-refractivity contribution in [1.29, 1.82) is 0 Å². The minimum Gasteiger partial charge on any atom is -0.340 e. The molecule has 4 nitrogen and oxygen atoms in total. The zero-order chi connectivity index (χ0) is 19.8. The van der Waals surface area contributed by atoms with Crippen LogP contribution in [0.5, 0.6) is 0 Å². The van der Waals surface area contributed by atoms with Gasteiger partial charge in [-0.15, -0.1) is 11.3 Å². The molecule has 0 radical (unpaired) electrons. The molecular weight excluding hydrogens is 368 g/mol.